The van der Waals surface area contributed by atoms with E-state index in [-0.39, 0.29) is 0 Å². The number of nitrogens with zero attached hydrogens (tertiary/aromatic N) is 2. The van der Waals surface area contributed by atoms with Crippen molar-refractivity contribution in [3.8, 4) is 0 Å². The molecule has 0 aliphatic rings. The van der Waals surface area contributed by atoms with Crippen LogP contribution in [0.3, 0.4) is 0 Å². The van der Waals surface area contributed by atoms with Gasteiger partial charge in [0.15, 0.2) is 0 Å². The van der Waals surface area contributed by atoms with Gasteiger partial charge in [0, 0.05) is 18.8 Å². The van der Waals surface area contributed by atoms with Crippen molar-refractivity contribution in [3.05, 3.63) is 30.1 Å². The first-order chi connectivity index (χ1) is 7.18. The summed E-state index contributed by atoms with van der Waals surface area (Å²) in [6, 6.07) is 6.34. The fraction of sp³-hybridized carbons (Fsp3) is 0.583. The molecule has 1 heterocycles. The van der Waals surface area contributed by atoms with Crippen molar-refractivity contribution < 1.29 is 0 Å². The van der Waals surface area contributed by atoms with Crippen molar-refractivity contribution in [1.29, 1.82) is 0 Å². The summed E-state index contributed by atoms with van der Waals surface area (Å²) < 4.78 is 0. The van der Waals surface area contributed by atoms with E-state index in [0.717, 1.165) is 31.6 Å². The predicted molar refractivity (Wildman–Crippen MR) is 63.5 cm³/mol. The largest absolute Gasteiger partial charge is 0.328 e. The summed E-state index contributed by atoms with van der Waals surface area (Å²) in [6.07, 6.45) is 4.08. The molecule has 0 radical (unpaired) electrons. The average Bonchev–Trinajstić information content (AvgIpc) is 2.18. The Morgan fingerprint density at radius 3 is 2.87 bits per heavy atom. The molecule has 1 unspecified atom stereocenters. The molecular weight excluding hydrogens is 186 g/mol. The number of nitrogens with two attached hydrogens (primary N) is 1. The van der Waals surface area contributed by atoms with Crippen molar-refractivity contribution in [1.82, 2.24) is 9.88 Å². The van der Waals surface area contributed by atoms with Crippen LogP contribution < -0.4 is 5.73 Å². The first-order valence-electron chi connectivity index (χ1n) is 5.52. The monoisotopic (exact) mass is 207 g/mol. The molecule has 84 valence electrons. The van der Waals surface area contributed by atoms with E-state index < -0.39 is 0 Å². The molecule has 1 aromatic rings. The molecule has 0 saturated carbocycles. The summed E-state index contributed by atoms with van der Waals surface area (Å²) >= 11 is 0. The van der Waals surface area contributed by atoms with E-state index >= 15 is 0 Å². The Hall–Kier alpha value is -0.930. The minimum absolute atomic E-state index is 0.313. The van der Waals surface area contributed by atoms with E-state index in [1.54, 1.807) is 0 Å². The quantitative estimate of drug-likeness (QED) is 0.771. The van der Waals surface area contributed by atoms with E-state index in [2.05, 4.69) is 29.9 Å². The Balaban J connectivity index is 2.21. The summed E-state index contributed by atoms with van der Waals surface area (Å²) in [4.78, 5) is 6.58. The Bertz CT molecular complexity index is 259. The molecule has 1 atom stereocenters. The third-order valence-electron chi connectivity index (χ3n) is 2.36. The third kappa shape index (κ3) is 5.50. The van der Waals surface area contributed by atoms with Gasteiger partial charge in [-0.3, -0.25) is 4.98 Å². The van der Waals surface area contributed by atoms with Crippen LogP contribution in [0.5, 0.6) is 0 Å². The van der Waals surface area contributed by atoms with Gasteiger partial charge in [0.25, 0.3) is 0 Å². The zero-order chi connectivity index (χ0) is 11.1. The van der Waals surface area contributed by atoms with Gasteiger partial charge in [0.05, 0.1) is 5.69 Å². The maximum Gasteiger partial charge on any atom is 0.0543 e. The molecule has 3 heteroatoms. The predicted octanol–water partition coefficient (Wildman–Crippen LogP) is 1.64. The highest BCUT2D eigenvalue weighted by molar-refractivity contribution is 5.02. The first kappa shape index (κ1) is 12.1. The molecule has 0 aliphatic heterocycles. The molecular formula is C12H21N3. The Morgan fingerprint density at radius 1 is 1.47 bits per heavy atom. The lowest BCUT2D eigenvalue weighted by Gasteiger charge is -2.16. The lowest BCUT2D eigenvalue weighted by atomic mass is 10.2. The molecule has 2 N–H and O–H groups in total. The lowest BCUT2D eigenvalue weighted by Crippen LogP contribution is -2.22. The molecule has 1 aromatic heterocycles. The van der Waals surface area contributed by atoms with Gasteiger partial charge in [-0.1, -0.05) is 6.07 Å². The van der Waals surface area contributed by atoms with Gasteiger partial charge in [0.1, 0.15) is 0 Å². The van der Waals surface area contributed by atoms with Crippen LogP contribution >= 0.6 is 0 Å². The second kappa shape index (κ2) is 6.53. The van der Waals surface area contributed by atoms with Crippen molar-refractivity contribution in [2.24, 2.45) is 5.73 Å². The summed E-state index contributed by atoms with van der Waals surface area (Å²) in [5.74, 6) is 0. The van der Waals surface area contributed by atoms with Crippen molar-refractivity contribution in [3.63, 3.8) is 0 Å². The summed E-state index contributed by atoms with van der Waals surface area (Å²) in [7, 11) is 2.12. The number of aromatic nitrogens is 1. The maximum absolute atomic E-state index is 5.70. The molecule has 1 rings (SSSR count). The van der Waals surface area contributed by atoms with E-state index in [0.29, 0.717) is 6.04 Å². The Labute approximate surface area is 92.3 Å². The minimum Gasteiger partial charge on any atom is -0.328 e. The van der Waals surface area contributed by atoms with Gasteiger partial charge in [-0.15, -0.1) is 0 Å². The number of hydrogen-bond donors (Lipinski definition) is 1. The van der Waals surface area contributed by atoms with Gasteiger partial charge in [0.2, 0.25) is 0 Å². The van der Waals surface area contributed by atoms with Gasteiger partial charge in [-0.25, -0.2) is 0 Å². The van der Waals surface area contributed by atoms with Crippen molar-refractivity contribution in [2.45, 2.75) is 32.4 Å². The number of pyridine rings is 1. The van der Waals surface area contributed by atoms with E-state index in [1.807, 2.05) is 18.3 Å². The van der Waals surface area contributed by atoms with E-state index in [9.17, 15) is 0 Å². The van der Waals surface area contributed by atoms with Crippen LogP contribution in [0.15, 0.2) is 24.4 Å². The topological polar surface area (TPSA) is 42.1 Å². The van der Waals surface area contributed by atoms with E-state index in [1.165, 1.54) is 0 Å². The van der Waals surface area contributed by atoms with Gasteiger partial charge >= 0.3 is 0 Å². The fourth-order valence-corrected chi connectivity index (χ4v) is 1.53. The molecule has 0 saturated heterocycles. The smallest absolute Gasteiger partial charge is 0.0543 e. The van der Waals surface area contributed by atoms with Crippen molar-refractivity contribution in [2.75, 3.05) is 13.6 Å². The number of rotatable bonds is 6. The molecule has 0 aliphatic carbocycles. The highest BCUT2D eigenvalue weighted by Gasteiger charge is 2.01. The second-order valence-electron chi connectivity index (χ2n) is 4.18. The summed E-state index contributed by atoms with van der Waals surface area (Å²) in [5.41, 5.74) is 6.83. The molecule has 0 fully saturated rings. The zero-order valence-electron chi connectivity index (χ0n) is 9.69. The molecule has 0 bridgehead atoms. The molecule has 3 nitrogen and oxygen atoms in total. The molecule has 0 aromatic carbocycles. The first-order valence-corrected chi connectivity index (χ1v) is 5.52. The molecule has 0 amide bonds. The van der Waals surface area contributed by atoms with E-state index in [4.69, 9.17) is 5.73 Å². The normalized spacial score (nSPS) is 13.1. The van der Waals surface area contributed by atoms with Crippen LogP contribution in [0, 0.1) is 0 Å². The number of hydrogen-bond acceptors (Lipinski definition) is 3. The van der Waals surface area contributed by atoms with Gasteiger partial charge < -0.3 is 10.6 Å². The molecule has 15 heavy (non-hydrogen) atoms. The van der Waals surface area contributed by atoms with Crippen LogP contribution in [0.25, 0.3) is 0 Å². The van der Waals surface area contributed by atoms with Crippen LogP contribution in [-0.2, 0) is 6.54 Å². The lowest BCUT2D eigenvalue weighted by molar-refractivity contribution is 0.311. The average molecular weight is 207 g/mol. The van der Waals surface area contributed by atoms with Crippen molar-refractivity contribution >= 4 is 0 Å². The molecule has 0 spiro atoms. The highest BCUT2D eigenvalue weighted by Crippen LogP contribution is 2.01. The standard InChI is InChI=1S/C12H21N3/c1-11(13)6-5-9-15(2)10-12-7-3-4-8-14-12/h3-4,7-8,11H,5-6,9-10,13H2,1-2H3. The Kier molecular flexibility index (Phi) is 5.29. The second-order valence-corrected chi connectivity index (χ2v) is 4.18. The summed E-state index contributed by atoms with van der Waals surface area (Å²) in [5, 5.41) is 0. The third-order valence-corrected chi connectivity index (χ3v) is 2.36. The van der Waals surface area contributed by atoms with Crippen LogP contribution in [0.4, 0.5) is 0 Å². The van der Waals surface area contributed by atoms with Gasteiger partial charge in [-0.05, 0) is 45.5 Å². The van der Waals surface area contributed by atoms with Crippen LogP contribution in [-0.4, -0.2) is 29.5 Å². The zero-order valence-corrected chi connectivity index (χ0v) is 9.69. The van der Waals surface area contributed by atoms with Gasteiger partial charge in [-0.2, -0.15) is 0 Å². The minimum atomic E-state index is 0.313. The van der Waals surface area contributed by atoms with Crippen LogP contribution in [0.2, 0.25) is 0 Å². The summed E-state index contributed by atoms with van der Waals surface area (Å²) in [6.45, 7) is 4.05. The fourth-order valence-electron chi connectivity index (χ4n) is 1.53. The highest BCUT2D eigenvalue weighted by atomic mass is 15.1. The SMILES string of the molecule is CC(N)CCCN(C)Cc1ccccn1. The Morgan fingerprint density at radius 2 is 2.27 bits per heavy atom. The van der Waals surface area contributed by atoms with Crippen LogP contribution in [0.1, 0.15) is 25.5 Å². The maximum atomic E-state index is 5.70.